The Labute approximate surface area is 275 Å². The van der Waals surface area contributed by atoms with Crippen LogP contribution in [-0.4, -0.2) is 53.2 Å². The van der Waals surface area contributed by atoms with Gasteiger partial charge in [-0.25, -0.2) is 14.8 Å². The van der Waals surface area contributed by atoms with E-state index in [0.717, 1.165) is 47.7 Å². The third-order valence-corrected chi connectivity index (χ3v) is 10.5. The highest BCUT2D eigenvalue weighted by molar-refractivity contribution is 7.25. The van der Waals surface area contributed by atoms with E-state index in [1.165, 1.54) is 16.2 Å². The lowest BCUT2D eigenvalue weighted by Crippen LogP contribution is -2.67. The Morgan fingerprint density at radius 1 is 0.891 bits per heavy atom. The molecule has 1 aliphatic carbocycles. The van der Waals surface area contributed by atoms with Crippen molar-refractivity contribution in [3.8, 4) is 42.2 Å². The summed E-state index contributed by atoms with van der Waals surface area (Å²) in [5.41, 5.74) is 7.91. The minimum atomic E-state index is -1.01. The standard InChI is InChI=1S/C35H35N5O4S2/c1-33(2,3)40(32(42)43)35(19-34(4,44)20-35)24-13-10-21(11-14-24)28-29(22-8-6-5-7-9-22)46-31(39-28)26-18-38-30(45-26)23-12-15-25(37-17-23)16-27(36)41/h5-15,17-18,44H,16,19-20H2,1-4H3,(H2,36,41)(H,42,43). The minimum absolute atomic E-state index is 0.0880. The van der Waals surface area contributed by atoms with Crippen LogP contribution in [0.25, 0.3) is 42.2 Å². The molecule has 3 aromatic heterocycles. The molecule has 5 aromatic rings. The Morgan fingerprint density at radius 3 is 2.13 bits per heavy atom. The first-order chi connectivity index (χ1) is 21.8. The number of amides is 2. The molecule has 46 heavy (non-hydrogen) atoms. The van der Waals surface area contributed by atoms with Gasteiger partial charge in [0, 0.05) is 47.6 Å². The Bertz CT molecular complexity index is 1880. The third kappa shape index (κ3) is 6.05. The van der Waals surface area contributed by atoms with Gasteiger partial charge in [-0.3, -0.25) is 14.7 Å². The summed E-state index contributed by atoms with van der Waals surface area (Å²) >= 11 is 3.10. The molecule has 0 aliphatic heterocycles. The number of carboxylic acid groups (broad SMARTS) is 1. The zero-order chi connectivity index (χ0) is 32.9. The van der Waals surface area contributed by atoms with Gasteiger partial charge in [0.05, 0.1) is 33.0 Å². The largest absolute Gasteiger partial charge is 0.465 e. The van der Waals surface area contributed by atoms with Crippen molar-refractivity contribution < 1.29 is 19.8 Å². The topological polar surface area (TPSA) is 143 Å². The highest BCUT2D eigenvalue weighted by Gasteiger charge is 2.59. The fourth-order valence-corrected chi connectivity index (χ4v) is 8.54. The lowest BCUT2D eigenvalue weighted by molar-refractivity contribution is -0.152. The number of thiazole rings is 2. The van der Waals surface area contributed by atoms with Crippen molar-refractivity contribution >= 4 is 34.7 Å². The number of nitrogens with two attached hydrogens (primary N) is 1. The van der Waals surface area contributed by atoms with E-state index in [1.54, 1.807) is 30.5 Å². The molecule has 1 aliphatic rings. The third-order valence-electron chi connectivity index (χ3n) is 8.14. The van der Waals surface area contributed by atoms with Gasteiger partial charge in [-0.15, -0.1) is 22.7 Å². The number of carbonyl (C=O) groups is 2. The Kier molecular flexibility index (Phi) is 8.04. The first-order valence-corrected chi connectivity index (χ1v) is 16.5. The maximum absolute atomic E-state index is 12.6. The first-order valence-electron chi connectivity index (χ1n) is 14.9. The van der Waals surface area contributed by atoms with E-state index in [9.17, 15) is 19.8 Å². The Morgan fingerprint density at radius 2 is 1.57 bits per heavy atom. The smallest absolute Gasteiger partial charge is 0.408 e. The summed E-state index contributed by atoms with van der Waals surface area (Å²) in [4.78, 5) is 41.3. The highest BCUT2D eigenvalue weighted by Crippen LogP contribution is 2.55. The summed E-state index contributed by atoms with van der Waals surface area (Å²) in [7, 11) is 0. The molecule has 2 aromatic carbocycles. The summed E-state index contributed by atoms with van der Waals surface area (Å²) in [6.45, 7) is 7.40. The summed E-state index contributed by atoms with van der Waals surface area (Å²) in [6.07, 6.45) is 3.22. The van der Waals surface area contributed by atoms with Crippen molar-refractivity contribution in [3.63, 3.8) is 0 Å². The van der Waals surface area contributed by atoms with E-state index >= 15 is 0 Å². The van der Waals surface area contributed by atoms with Crippen LogP contribution in [-0.2, 0) is 16.8 Å². The molecule has 236 valence electrons. The lowest BCUT2D eigenvalue weighted by atomic mass is 9.60. The van der Waals surface area contributed by atoms with Crippen LogP contribution >= 0.6 is 22.7 Å². The van der Waals surface area contributed by atoms with Crippen LogP contribution in [0.15, 0.2) is 79.1 Å². The zero-order valence-corrected chi connectivity index (χ0v) is 27.7. The zero-order valence-electron chi connectivity index (χ0n) is 26.0. The summed E-state index contributed by atoms with van der Waals surface area (Å²) in [5, 5.41) is 22.7. The van der Waals surface area contributed by atoms with E-state index in [1.807, 2.05) is 75.5 Å². The number of aromatic nitrogens is 3. The minimum Gasteiger partial charge on any atom is -0.465 e. The number of carbonyl (C=O) groups excluding carboxylic acids is 1. The predicted molar refractivity (Wildman–Crippen MR) is 181 cm³/mol. The number of hydrogen-bond acceptors (Lipinski definition) is 8. The van der Waals surface area contributed by atoms with E-state index in [4.69, 9.17) is 10.7 Å². The number of pyridine rings is 1. The quantitative estimate of drug-likeness (QED) is 0.161. The highest BCUT2D eigenvalue weighted by atomic mass is 32.1. The van der Waals surface area contributed by atoms with Gasteiger partial charge in [0.1, 0.15) is 10.0 Å². The molecule has 2 amide bonds. The maximum atomic E-state index is 12.6. The fourth-order valence-electron chi connectivity index (χ4n) is 6.50. The van der Waals surface area contributed by atoms with Gasteiger partial charge in [-0.1, -0.05) is 54.6 Å². The van der Waals surface area contributed by atoms with Crippen molar-refractivity contribution in [1.29, 1.82) is 0 Å². The van der Waals surface area contributed by atoms with Crippen molar-refractivity contribution in [1.82, 2.24) is 19.9 Å². The van der Waals surface area contributed by atoms with Gasteiger partial charge in [0.15, 0.2) is 0 Å². The molecular formula is C35H35N5O4S2. The van der Waals surface area contributed by atoms with Crippen LogP contribution in [0.5, 0.6) is 0 Å². The number of nitrogens with zero attached hydrogens (tertiary/aromatic N) is 4. The van der Waals surface area contributed by atoms with Gasteiger partial charge >= 0.3 is 6.09 Å². The van der Waals surface area contributed by atoms with Crippen molar-refractivity contribution in [2.75, 3.05) is 0 Å². The van der Waals surface area contributed by atoms with Crippen LogP contribution in [0.2, 0.25) is 0 Å². The lowest BCUT2D eigenvalue weighted by Gasteiger charge is -2.60. The normalized spacial score (nSPS) is 19.4. The average Bonchev–Trinajstić information content (AvgIpc) is 3.64. The van der Waals surface area contributed by atoms with Crippen molar-refractivity contribution in [2.24, 2.45) is 5.73 Å². The van der Waals surface area contributed by atoms with Crippen molar-refractivity contribution in [2.45, 2.75) is 63.6 Å². The molecule has 9 nitrogen and oxygen atoms in total. The second-order valence-electron chi connectivity index (χ2n) is 13.0. The van der Waals surface area contributed by atoms with Crippen LogP contribution < -0.4 is 5.73 Å². The number of hydrogen-bond donors (Lipinski definition) is 3. The molecule has 0 spiro atoms. The van der Waals surface area contributed by atoms with Gasteiger partial charge in [-0.2, -0.15) is 0 Å². The SMILES string of the molecule is CC1(O)CC(c2ccc(-c3nc(-c4cnc(-c5ccc(CC(N)=O)nc5)s4)sc3-c3ccccc3)cc2)(N(C(=O)O)C(C)(C)C)C1. The maximum Gasteiger partial charge on any atom is 0.408 e. The van der Waals surface area contributed by atoms with E-state index in [-0.39, 0.29) is 6.42 Å². The number of rotatable bonds is 8. The molecule has 3 heterocycles. The molecule has 4 N–H and O–H groups in total. The first kappa shape index (κ1) is 31.5. The fraction of sp³-hybridized carbons (Fsp3) is 0.286. The van der Waals surface area contributed by atoms with Crippen LogP contribution in [0.3, 0.4) is 0 Å². The van der Waals surface area contributed by atoms with Gasteiger partial charge in [-0.05, 0) is 51.0 Å². The molecule has 0 radical (unpaired) electrons. The summed E-state index contributed by atoms with van der Waals surface area (Å²) < 4.78 is 0. The van der Waals surface area contributed by atoms with Crippen LogP contribution in [0.4, 0.5) is 4.79 Å². The van der Waals surface area contributed by atoms with Crippen LogP contribution in [0.1, 0.15) is 51.8 Å². The Hall–Kier alpha value is -4.45. The van der Waals surface area contributed by atoms with Crippen LogP contribution in [0, 0.1) is 0 Å². The molecule has 11 heteroatoms. The monoisotopic (exact) mass is 653 g/mol. The summed E-state index contributed by atoms with van der Waals surface area (Å²) in [6, 6.07) is 21.7. The summed E-state index contributed by atoms with van der Waals surface area (Å²) in [5.74, 6) is -0.428. The van der Waals surface area contributed by atoms with Crippen molar-refractivity contribution in [3.05, 3.63) is 90.4 Å². The molecule has 0 atom stereocenters. The Balaban J connectivity index is 1.37. The molecule has 1 fully saturated rings. The second kappa shape index (κ2) is 11.7. The van der Waals surface area contributed by atoms with Gasteiger partial charge in [0.25, 0.3) is 0 Å². The van der Waals surface area contributed by atoms with E-state index in [2.05, 4.69) is 22.1 Å². The molecule has 0 unspecified atom stereocenters. The number of aliphatic hydroxyl groups is 1. The second-order valence-corrected chi connectivity index (χ2v) is 15.1. The number of benzene rings is 2. The molecular weight excluding hydrogens is 619 g/mol. The van der Waals surface area contributed by atoms with E-state index < -0.39 is 28.7 Å². The molecule has 1 saturated carbocycles. The van der Waals surface area contributed by atoms with E-state index in [0.29, 0.717) is 18.5 Å². The predicted octanol–water partition coefficient (Wildman–Crippen LogP) is 7.21. The average molecular weight is 654 g/mol. The van der Waals surface area contributed by atoms with Gasteiger partial charge < -0.3 is 15.9 Å². The molecule has 0 saturated heterocycles. The molecule has 6 rings (SSSR count). The van der Waals surface area contributed by atoms with Gasteiger partial charge in [0.2, 0.25) is 5.91 Å². The molecule has 0 bridgehead atoms. The number of primary amides is 1.